The second-order valence-corrected chi connectivity index (χ2v) is 3.24. The van der Waals surface area contributed by atoms with Gasteiger partial charge >= 0.3 is 6.36 Å². The molecule has 6 heteroatoms. The molecule has 1 rings (SSSR count). The van der Waals surface area contributed by atoms with Gasteiger partial charge in [0.2, 0.25) is 0 Å². The first kappa shape index (κ1) is 12.8. The van der Waals surface area contributed by atoms with Gasteiger partial charge in [-0.1, -0.05) is 0 Å². The van der Waals surface area contributed by atoms with Crippen LogP contribution in [-0.4, -0.2) is 19.5 Å². The summed E-state index contributed by atoms with van der Waals surface area (Å²) >= 11 is 0. The lowest BCUT2D eigenvalue weighted by molar-refractivity contribution is -0.322. The Morgan fingerprint density at radius 2 is 1.94 bits per heavy atom. The number of anilines is 1. The molecule has 0 heterocycles. The van der Waals surface area contributed by atoms with Crippen molar-refractivity contribution in [3.63, 3.8) is 0 Å². The molecule has 0 unspecified atom stereocenters. The van der Waals surface area contributed by atoms with Crippen LogP contribution in [0.4, 0.5) is 23.2 Å². The molecular weight excluding hydrogens is 226 g/mol. The summed E-state index contributed by atoms with van der Waals surface area (Å²) in [5.74, 6) is -0.431. The van der Waals surface area contributed by atoms with Crippen molar-refractivity contribution in [2.75, 3.05) is 18.5 Å². The van der Waals surface area contributed by atoms with Crippen molar-refractivity contribution >= 4 is 5.69 Å². The average Bonchev–Trinajstić information content (AvgIpc) is 2.09. The number of alkyl halides is 3. The Hall–Kier alpha value is -1.30. The van der Waals surface area contributed by atoms with Gasteiger partial charge in [-0.2, -0.15) is 0 Å². The quantitative estimate of drug-likeness (QED) is 0.641. The molecule has 0 saturated carbocycles. The van der Waals surface area contributed by atoms with E-state index in [1.54, 1.807) is 13.0 Å². The molecule has 0 radical (unpaired) electrons. The minimum Gasteiger partial charge on any atom is -0.383 e. The number of halogens is 4. The summed E-state index contributed by atoms with van der Waals surface area (Å²) in [5.41, 5.74) is 1.13. The molecule has 0 spiro atoms. The Kier molecular flexibility index (Phi) is 4.12. The Labute approximate surface area is 90.2 Å². The van der Waals surface area contributed by atoms with Crippen LogP contribution in [0.25, 0.3) is 0 Å². The van der Waals surface area contributed by atoms with Crippen molar-refractivity contribution < 1.29 is 22.3 Å². The van der Waals surface area contributed by atoms with Gasteiger partial charge < -0.3 is 5.32 Å². The predicted octanol–water partition coefficient (Wildman–Crippen LogP) is 3.08. The normalized spacial score (nSPS) is 11.6. The van der Waals surface area contributed by atoms with Gasteiger partial charge in [0.1, 0.15) is 5.82 Å². The number of ether oxygens (including phenoxy) is 1. The van der Waals surface area contributed by atoms with Gasteiger partial charge in [-0.05, 0) is 30.7 Å². The molecule has 0 saturated heterocycles. The maximum Gasteiger partial charge on any atom is 0.522 e. The minimum atomic E-state index is -4.63. The van der Waals surface area contributed by atoms with Gasteiger partial charge in [0.25, 0.3) is 0 Å². The van der Waals surface area contributed by atoms with Crippen LogP contribution in [0, 0.1) is 12.7 Å². The first-order valence-corrected chi connectivity index (χ1v) is 4.58. The monoisotopic (exact) mass is 237 g/mol. The summed E-state index contributed by atoms with van der Waals surface area (Å²) in [4.78, 5) is 0. The summed E-state index contributed by atoms with van der Waals surface area (Å²) < 4.78 is 51.2. The van der Waals surface area contributed by atoms with Crippen LogP contribution >= 0.6 is 0 Å². The fourth-order valence-corrected chi connectivity index (χ4v) is 1.20. The summed E-state index contributed by atoms with van der Waals surface area (Å²) in [7, 11) is 0. The Morgan fingerprint density at radius 3 is 2.50 bits per heavy atom. The molecule has 0 amide bonds. The standard InChI is InChI=1S/C10H11F4NO/c1-7-4-8(11)6-9(5-7)15-2-3-16-10(12,13)14/h4-6,15H,2-3H2,1H3. The van der Waals surface area contributed by atoms with Gasteiger partial charge in [-0.25, -0.2) is 4.39 Å². The maximum absolute atomic E-state index is 12.9. The number of hydrogen-bond acceptors (Lipinski definition) is 2. The van der Waals surface area contributed by atoms with E-state index in [2.05, 4.69) is 10.1 Å². The highest BCUT2D eigenvalue weighted by atomic mass is 19.4. The lowest BCUT2D eigenvalue weighted by atomic mass is 10.2. The zero-order valence-electron chi connectivity index (χ0n) is 8.57. The summed E-state index contributed by atoms with van der Waals surface area (Å²) in [6.07, 6.45) is -4.63. The molecule has 1 N–H and O–H groups in total. The van der Waals surface area contributed by atoms with Gasteiger partial charge in [-0.3, -0.25) is 4.74 Å². The second-order valence-electron chi connectivity index (χ2n) is 3.24. The van der Waals surface area contributed by atoms with E-state index in [4.69, 9.17) is 0 Å². The second kappa shape index (κ2) is 5.16. The largest absolute Gasteiger partial charge is 0.522 e. The highest BCUT2D eigenvalue weighted by Gasteiger charge is 2.28. The summed E-state index contributed by atoms with van der Waals surface area (Å²) in [6.45, 7) is 1.14. The zero-order chi connectivity index (χ0) is 12.2. The fourth-order valence-electron chi connectivity index (χ4n) is 1.20. The molecule has 1 aromatic rings. The average molecular weight is 237 g/mol. The predicted molar refractivity (Wildman–Crippen MR) is 51.6 cm³/mol. The van der Waals surface area contributed by atoms with Crippen molar-refractivity contribution in [3.8, 4) is 0 Å². The third-order valence-electron chi connectivity index (χ3n) is 1.74. The van der Waals surface area contributed by atoms with E-state index >= 15 is 0 Å². The molecule has 0 bridgehead atoms. The lowest BCUT2D eigenvalue weighted by Crippen LogP contribution is -2.19. The number of benzene rings is 1. The number of aryl methyl sites for hydroxylation is 1. The third-order valence-corrected chi connectivity index (χ3v) is 1.74. The van der Waals surface area contributed by atoms with Crippen molar-refractivity contribution in [3.05, 3.63) is 29.6 Å². The molecule has 1 aromatic carbocycles. The van der Waals surface area contributed by atoms with Gasteiger partial charge in [0.05, 0.1) is 6.61 Å². The first-order chi connectivity index (χ1) is 7.37. The molecular formula is C10H11F4NO. The van der Waals surface area contributed by atoms with Crippen molar-refractivity contribution in [1.82, 2.24) is 0 Å². The van der Waals surface area contributed by atoms with E-state index in [0.717, 1.165) is 0 Å². The molecule has 0 aromatic heterocycles. The van der Waals surface area contributed by atoms with Crippen LogP contribution in [0.15, 0.2) is 18.2 Å². The summed E-state index contributed by atoms with van der Waals surface area (Å²) in [5, 5.41) is 2.63. The van der Waals surface area contributed by atoms with Crippen molar-refractivity contribution in [1.29, 1.82) is 0 Å². The van der Waals surface area contributed by atoms with Gasteiger partial charge in [0.15, 0.2) is 0 Å². The molecule has 0 aliphatic heterocycles. The Morgan fingerprint density at radius 1 is 1.25 bits per heavy atom. The SMILES string of the molecule is Cc1cc(F)cc(NCCOC(F)(F)F)c1. The number of rotatable bonds is 4. The highest BCUT2D eigenvalue weighted by molar-refractivity contribution is 5.45. The number of hydrogen-bond donors (Lipinski definition) is 1. The Bertz CT molecular complexity index is 331. The van der Waals surface area contributed by atoms with E-state index in [0.29, 0.717) is 11.3 Å². The molecule has 0 aliphatic carbocycles. The van der Waals surface area contributed by atoms with Crippen LogP contribution in [-0.2, 0) is 4.74 Å². The molecule has 0 atom stereocenters. The topological polar surface area (TPSA) is 21.3 Å². The van der Waals surface area contributed by atoms with Gasteiger partial charge in [-0.15, -0.1) is 13.2 Å². The van der Waals surface area contributed by atoms with Gasteiger partial charge in [0, 0.05) is 12.2 Å². The van der Waals surface area contributed by atoms with E-state index in [9.17, 15) is 17.6 Å². The maximum atomic E-state index is 12.9. The zero-order valence-corrected chi connectivity index (χ0v) is 8.57. The van der Waals surface area contributed by atoms with Crippen LogP contribution in [0.5, 0.6) is 0 Å². The highest BCUT2D eigenvalue weighted by Crippen LogP contribution is 2.16. The lowest BCUT2D eigenvalue weighted by Gasteiger charge is -2.09. The van der Waals surface area contributed by atoms with Crippen LogP contribution in [0.2, 0.25) is 0 Å². The molecule has 0 fully saturated rings. The van der Waals surface area contributed by atoms with E-state index in [1.807, 2.05) is 0 Å². The third kappa shape index (κ3) is 4.97. The molecule has 2 nitrogen and oxygen atoms in total. The van der Waals surface area contributed by atoms with E-state index in [-0.39, 0.29) is 6.54 Å². The minimum absolute atomic E-state index is 0.0393. The van der Waals surface area contributed by atoms with Crippen molar-refractivity contribution in [2.24, 2.45) is 0 Å². The molecule has 16 heavy (non-hydrogen) atoms. The van der Waals surface area contributed by atoms with E-state index < -0.39 is 18.8 Å². The molecule has 0 aliphatic rings. The van der Waals surface area contributed by atoms with Crippen LogP contribution in [0.3, 0.4) is 0 Å². The smallest absolute Gasteiger partial charge is 0.383 e. The van der Waals surface area contributed by atoms with E-state index in [1.165, 1.54) is 12.1 Å². The van der Waals surface area contributed by atoms with Crippen molar-refractivity contribution in [2.45, 2.75) is 13.3 Å². The first-order valence-electron chi connectivity index (χ1n) is 4.58. The molecule has 90 valence electrons. The van der Waals surface area contributed by atoms with Crippen LogP contribution in [0.1, 0.15) is 5.56 Å². The fraction of sp³-hybridized carbons (Fsp3) is 0.400. The number of nitrogens with one attached hydrogen (secondary N) is 1. The van der Waals surface area contributed by atoms with Crippen LogP contribution < -0.4 is 5.32 Å². The summed E-state index contributed by atoms with van der Waals surface area (Å²) in [6, 6.07) is 4.18. The Balaban J connectivity index is 2.37.